The van der Waals surface area contributed by atoms with E-state index in [0.29, 0.717) is 22.0 Å². The van der Waals surface area contributed by atoms with Crippen molar-refractivity contribution >= 4 is 28.9 Å². The fraction of sp³-hybridized carbons (Fsp3) is 0.235. The summed E-state index contributed by atoms with van der Waals surface area (Å²) in [5.41, 5.74) is 8.65. The van der Waals surface area contributed by atoms with E-state index < -0.39 is 0 Å². The van der Waals surface area contributed by atoms with Gasteiger partial charge in [-0.15, -0.1) is 0 Å². The fourth-order valence-electron chi connectivity index (χ4n) is 1.95. The molecule has 0 aliphatic heterocycles. The molecule has 1 amide bonds. The summed E-state index contributed by atoms with van der Waals surface area (Å²) in [4.78, 5) is 12.2. The van der Waals surface area contributed by atoms with Crippen LogP contribution in [0.25, 0.3) is 0 Å². The maximum atomic E-state index is 12.2. The molecule has 110 valence electrons. The number of rotatable bonds is 2. The van der Waals surface area contributed by atoms with Crippen molar-refractivity contribution in [3.63, 3.8) is 0 Å². The molecule has 0 fully saturated rings. The van der Waals surface area contributed by atoms with Gasteiger partial charge in [-0.25, -0.2) is 0 Å². The van der Waals surface area contributed by atoms with Gasteiger partial charge >= 0.3 is 0 Å². The molecule has 2 aromatic rings. The van der Waals surface area contributed by atoms with E-state index in [4.69, 9.17) is 17.3 Å². The molecule has 3 nitrogen and oxygen atoms in total. The highest BCUT2D eigenvalue weighted by molar-refractivity contribution is 6.33. The zero-order valence-electron chi connectivity index (χ0n) is 12.4. The Bertz CT molecular complexity index is 657. The molecule has 0 unspecified atom stereocenters. The van der Waals surface area contributed by atoms with E-state index in [1.54, 1.807) is 18.2 Å². The predicted octanol–water partition coefficient (Wildman–Crippen LogP) is 4.47. The molecule has 0 bridgehead atoms. The molecule has 0 saturated heterocycles. The molecule has 21 heavy (non-hydrogen) atoms. The van der Waals surface area contributed by atoms with Crippen molar-refractivity contribution in [3.8, 4) is 0 Å². The van der Waals surface area contributed by atoms with Crippen LogP contribution in [0.2, 0.25) is 5.02 Å². The molecule has 2 rings (SSSR count). The number of carbonyl (C=O) groups is 1. The number of hydrogen-bond donors (Lipinski definition) is 2. The Kier molecular flexibility index (Phi) is 4.24. The minimum atomic E-state index is -0.169. The Hall–Kier alpha value is -2.00. The lowest BCUT2D eigenvalue weighted by molar-refractivity contribution is 0.102. The van der Waals surface area contributed by atoms with Crippen molar-refractivity contribution < 1.29 is 4.79 Å². The maximum absolute atomic E-state index is 12.2. The highest BCUT2D eigenvalue weighted by atomic mass is 35.5. The van der Waals surface area contributed by atoms with Gasteiger partial charge in [0, 0.05) is 11.3 Å². The Morgan fingerprint density at radius 2 is 1.71 bits per heavy atom. The maximum Gasteiger partial charge on any atom is 0.255 e. The van der Waals surface area contributed by atoms with Crippen LogP contribution in [-0.4, -0.2) is 5.91 Å². The van der Waals surface area contributed by atoms with Gasteiger partial charge in [-0.2, -0.15) is 0 Å². The van der Waals surface area contributed by atoms with Gasteiger partial charge in [0.15, 0.2) is 0 Å². The van der Waals surface area contributed by atoms with Crippen LogP contribution in [0.3, 0.4) is 0 Å². The topological polar surface area (TPSA) is 55.1 Å². The second-order valence-electron chi connectivity index (χ2n) is 6.02. The smallest absolute Gasteiger partial charge is 0.255 e. The fourth-order valence-corrected chi connectivity index (χ4v) is 2.06. The molecular weight excluding hydrogens is 284 g/mol. The van der Waals surface area contributed by atoms with Crippen LogP contribution in [0.15, 0.2) is 42.5 Å². The first-order valence-electron chi connectivity index (χ1n) is 6.74. The van der Waals surface area contributed by atoms with Crippen LogP contribution in [0, 0.1) is 0 Å². The molecule has 3 N–H and O–H groups in total. The highest BCUT2D eigenvalue weighted by Crippen LogP contribution is 2.24. The number of nitrogen functional groups attached to an aromatic ring is 1. The van der Waals surface area contributed by atoms with Crippen molar-refractivity contribution in [3.05, 3.63) is 58.6 Å². The van der Waals surface area contributed by atoms with Gasteiger partial charge in [-0.1, -0.05) is 44.5 Å². The van der Waals surface area contributed by atoms with E-state index in [-0.39, 0.29) is 11.3 Å². The monoisotopic (exact) mass is 302 g/mol. The number of nitrogens with two attached hydrogens (primary N) is 1. The number of benzene rings is 2. The summed E-state index contributed by atoms with van der Waals surface area (Å²) in [6.45, 7) is 6.41. The van der Waals surface area contributed by atoms with E-state index in [1.165, 1.54) is 5.56 Å². The summed E-state index contributed by atoms with van der Waals surface area (Å²) in [5.74, 6) is -0.169. The third-order valence-electron chi connectivity index (χ3n) is 3.27. The first-order valence-corrected chi connectivity index (χ1v) is 7.12. The molecule has 0 atom stereocenters. The minimum absolute atomic E-state index is 0.0691. The molecule has 0 aliphatic rings. The number of halogens is 1. The summed E-state index contributed by atoms with van der Waals surface area (Å²) in [6, 6.07) is 12.6. The zero-order valence-corrected chi connectivity index (χ0v) is 13.2. The predicted molar refractivity (Wildman–Crippen MR) is 89.0 cm³/mol. The Morgan fingerprint density at radius 3 is 2.24 bits per heavy atom. The van der Waals surface area contributed by atoms with E-state index >= 15 is 0 Å². The Morgan fingerprint density at radius 1 is 1.10 bits per heavy atom. The molecule has 0 saturated carbocycles. The zero-order chi connectivity index (χ0) is 15.6. The van der Waals surface area contributed by atoms with Gasteiger partial charge in [0.25, 0.3) is 5.91 Å². The lowest BCUT2D eigenvalue weighted by Gasteiger charge is -2.19. The number of amides is 1. The summed E-state index contributed by atoms with van der Waals surface area (Å²) >= 11 is 5.86. The first kappa shape index (κ1) is 15.4. The minimum Gasteiger partial charge on any atom is -0.397 e. The van der Waals surface area contributed by atoms with Gasteiger partial charge in [-0.3, -0.25) is 4.79 Å². The molecule has 0 aliphatic carbocycles. The number of nitrogens with one attached hydrogen (secondary N) is 1. The summed E-state index contributed by atoms with van der Waals surface area (Å²) in [7, 11) is 0. The lowest BCUT2D eigenvalue weighted by Crippen LogP contribution is -2.14. The highest BCUT2D eigenvalue weighted by Gasteiger charge is 2.14. The molecule has 2 aromatic carbocycles. The number of hydrogen-bond acceptors (Lipinski definition) is 2. The second-order valence-corrected chi connectivity index (χ2v) is 6.42. The van der Waals surface area contributed by atoms with E-state index in [2.05, 4.69) is 26.1 Å². The SMILES string of the molecule is CC(C)(C)c1ccc(C(=O)Nc2ccc(Cl)c(N)c2)cc1. The molecule has 4 heteroatoms. The van der Waals surface area contributed by atoms with Crippen LogP contribution in [0.4, 0.5) is 11.4 Å². The summed E-state index contributed by atoms with van der Waals surface area (Å²) < 4.78 is 0. The van der Waals surface area contributed by atoms with Crippen LogP contribution in [0.1, 0.15) is 36.7 Å². The summed E-state index contributed by atoms with van der Waals surface area (Å²) in [5, 5.41) is 3.28. The first-order chi connectivity index (χ1) is 9.77. The normalized spacial score (nSPS) is 11.2. The lowest BCUT2D eigenvalue weighted by atomic mass is 9.87. The van der Waals surface area contributed by atoms with E-state index in [1.807, 2.05) is 24.3 Å². The van der Waals surface area contributed by atoms with Gasteiger partial charge in [0.2, 0.25) is 0 Å². The molecule has 0 spiro atoms. The number of carbonyl (C=O) groups excluding carboxylic acids is 1. The molecule has 0 aromatic heterocycles. The van der Waals surface area contributed by atoms with Crippen LogP contribution >= 0.6 is 11.6 Å². The van der Waals surface area contributed by atoms with Crippen molar-refractivity contribution in [2.75, 3.05) is 11.1 Å². The van der Waals surface area contributed by atoms with Crippen LogP contribution in [-0.2, 0) is 5.41 Å². The quantitative estimate of drug-likeness (QED) is 0.804. The van der Waals surface area contributed by atoms with E-state index in [0.717, 1.165) is 0 Å². The molecule has 0 heterocycles. The van der Waals surface area contributed by atoms with Crippen LogP contribution in [0.5, 0.6) is 0 Å². The van der Waals surface area contributed by atoms with Crippen molar-refractivity contribution in [1.29, 1.82) is 0 Å². The number of anilines is 2. The van der Waals surface area contributed by atoms with Gasteiger partial charge < -0.3 is 11.1 Å². The molecule has 0 radical (unpaired) electrons. The third kappa shape index (κ3) is 3.76. The van der Waals surface area contributed by atoms with Crippen molar-refractivity contribution in [2.45, 2.75) is 26.2 Å². The largest absolute Gasteiger partial charge is 0.397 e. The van der Waals surface area contributed by atoms with Gasteiger partial charge in [0.05, 0.1) is 10.7 Å². The van der Waals surface area contributed by atoms with Crippen molar-refractivity contribution in [1.82, 2.24) is 0 Å². The Labute approximate surface area is 130 Å². The Balaban J connectivity index is 2.15. The second kappa shape index (κ2) is 5.78. The summed E-state index contributed by atoms with van der Waals surface area (Å²) in [6.07, 6.45) is 0. The van der Waals surface area contributed by atoms with Crippen LogP contribution < -0.4 is 11.1 Å². The van der Waals surface area contributed by atoms with Gasteiger partial charge in [0.1, 0.15) is 0 Å². The average molecular weight is 303 g/mol. The van der Waals surface area contributed by atoms with Crippen molar-refractivity contribution in [2.24, 2.45) is 0 Å². The third-order valence-corrected chi connectivity index (χ3v) is 3.61. The average Bonchev–Trinajstić information content (AvgIpc) is 2.42. The van der Waals surface area contributed by atoms with E-state index in [9.17, 15) is 4.79 Å². The molecular formula is C17H19ClN2O. The standard InChI is InChI=1S/C17H19ClN2O/c1-17(2,3)12-6-4-11(5-7-12)16(21)20-13-8-9-14(18)15(19)10-13/h4-10H,19H2,1-3H3,(H,20,21). The van der Waals surface area contributed by atoms with Gasteiger partial charge in [-0.05, 0) is 41.3 Å².